The van der Waals surface area contributed by atoms with Gasteiger partial charge in [0.1, 0.15) is 0 Å². The highest BCUT2D eigenvalue weighted by molar-refractivity contribution is 7.89. The van der Waals surface area contributed by atoms with Crippen LogP contribution in [-0.2, 0) is 17.1 Å². The number of aromatic nitrogens is 2. The summed E-state index contributed by atoms with van der Waals surface area (Å²) >= 11 is 0. The molecule has 100 valence electrons. The van der Waals surface area contributed by atoms with Crippen molar-refractivity contribution in [3.63, 3.8) is 0 Å². The third-order valence-electron chi connectivity index (χ3n) is 3.84. The average Bonchev–Trinajstić information content (AvgIpc) is 2.96. The predicted molar refractivity (Wildman–Crippen MR) is 66.6 cm³/mol. The van der Waals surface area contributed by atoms with Crippen molar-refractivity contribution in [2.45, 2.75) is 23.9 Å². The predicted octanol–water partition coefficient (Wildman–Crippen LogP) is -0.111. The Bertz CT molecular complexity index is 539. The number of hydrogen-bond donors (Lipinski definition) is 0. The van der Waals surface area contributed by atoms with Gasteiger partial charge in [0.05, 0.1) is 6.33 Å². The Morgan fingerprint density at radius 1 is 1.33 bits per heavy atom. The fraction of sp³-hybridized carbons (Fsp3) is 0.727. The molecule has 18 heavy (non-hydrogen) atoms. The zero-order valence-electron chi connectivity index (χ0n) is 10.5. The maximum atomic E-state index is 12.4. The number of aryl methyl sites for hydroxylation is 1. The molecule has 0 bridgehead atoms. The van der Waals surface area contributed by atoms with E-state index in [4.69, 9.17) is 0 Å². The van der Waals surface area contributed by atoms with Crippen molar-refractivity contribution < 1.29 is 8.42 Å². The van der Waals surface area contributed by atoms with Crippen molar-refractivity contribution in [2.24, 2.45) is 7.05 Å². The smallest absolute Gasteiger partial charge is 0.262 e. The topological polar surface area (TPSA) is 58.4 Å². The van der Waals surface area contributed by atoms with Crippen LogP contribution in [0.5, 0.6) is 0 Å². The lowest BCUT2D eigenvalue weighted by Crippen LogP contribution is -2.51. The number of sulfonamides is 1. The Kier molecular flexibility index (Phi) is 2.91. The first-order valence-electron chi connectivity index (χ1n) is 6.29. The Morgan fingerprint density at radius 2 is 2.17 bits per heavy atom. The van der Waals surface area contributed by atoms with Gasteiger partial charge >= 0.3 is 0 Å². The fourth-order valence-electron chi connectivity index (χ4n) is 2.84. The molecule has 2 aliphatic heterocycles. The van der Waals surface area contributed by atoms with Crippen molar-refractivity contribution in [2.75, 3.05) is 26.2 Å². The minimum Gasteiger partial charge on any atom is -0.339 e. The Morgan fingerprint density at radius 3 is 2.89 bits per heavy atom. The first-order chi connectivity index (χ1) is 8.57. The van der Waals surface area contributed by atoms with Gasteiger partial charge in [0.25, 0.3) is 10.0 Å². The van der Waals surface area contributed by atoms with Crippen LogP contribution in [0.1, 0.15) is 12.8 Å². The summed E-state index contributed by atoms with van der Waals surface area (Å²) in [4.78, 5) is 6.36. The lowest BCUT2D eigenvalue weighted by molar-refractivity contribution is 0.158. The van der Waals surface area contributed by atoms with Crippen LogP contribution in [0.25, 0.3) is 0 Å². The van der Waals surface area contributed by atoms with Gasteiger partial charge in [0, 0.05) is 38.9 Å². The molecule has 0 amide bonds. The molecule has 0 spiro atoms. The highest BCUT2D eigenvalue weighted by atomic mass is 32.2. The summed E-state index contributed by atoms with van der Waals surface area (Å²) in [5, 5.41) is 0.163. The monoisotopic (exact) mass is 270 g/mol. The van der Waals surface area contributed by atoms with E-state index in [0.29, 0.717) is 19.1 Å². The van der Waals surface area contributed by atoms with Gasteiger partial charge in [0.15, 0.2) is 5.03 Å². The lowest BCUT2D eigenvalue weighted by atomic mass is 10.2. The second-order valence-electron chi connectivity index (χ2n) is 5.07. The molecule has 3 rings (SSSR count). The highest BCUT2D eigenvalue weighted by Gasteiger charge is 2.36. The van der Waals surface area contributed by atoms with Gasteiger partial charge in [-0.1, -0.05) is 0 Å². The summed E-state index contributed by atoms with van der Waals surface area (Å²) in [6.07, 6.45) is 5.38. The van der Waals surface area contributed by atoms with Gasteiger partial charge in [-0.15, -0.1) is 0 Å². The molecule has 2 saturated heterocycles. The number of hydrogen-bond acceptors (Lipinski definition) is 4. The van der Waals surface area contributed by atoms with Gasteiger partial charge in [-0.3, -0.25) is 4.90 Å². The van der Waals surface area contributed by atoms with Crippen molar-refractivity contribution in [1.29, 1.82) is 0 Å². The highest BCUT2D eigenvalue weighted by Crippen LogP contribution is 2.24. The maximum Gasteiger partial charge on any atom is 0.262 e. The Balaban J connectivity index is 1.82. The van der Waals surface area contributed by atoms with Crippen LogP contribution in [0.3, 0.4) is 0 Å². The summed E-state index contributed by atoms with van der Waals surface area (Å²) < 4.78 is 28.1. The zero-order valence-corrected chi connectivity index (χ0v) is 11.3. The first kappa shape index (κ1) is 12.1. The summed E-state index contributed by atoms with van der Waals surface area (Å²) in [6.45, 7) is 3.15. The maximum absolute atomic E-state index is 12.4. The van der Waals surface area contributed by atoms with E-state index in [2.05, 4.69) is 9.88 Å². The molecule has 3 heterocycles. The van der Waals surface area contributed by atoms with E-state index < -0.39 is 10.0 Å². The molecule has 1 aromatic heterocycles. The van der Waals surface area contributed by atoms with Crippen LogP contribution in [0.4, 0.5) is 0 Å². The van der Waals surface area contributed by atoms with E-state index in [1.54, 1.807) is 22.1 Å². The minimum atomic E-state index is -3.41. The standard InChI is InChI=1S/C11H18N4O2S/c1-13-8-11(12-9-13)18(16,17)15-6-5-14-4-2-3-10(14)7-15/h8-10H,2-7H2,1H3/t10-/m0/s1. The summed E-state index contributed by atoms with van der Waals surface area (Å²) in [6, 6.07) is 0.400. The molecule has 2 fully saturated rings. The van der Waals surface area contributed by atoms with E-state index in [9.17, 15) is 8.42 Å². The van der Waals surface area contributed by atoms with Crippen LogP contribution in [0.15, 0.2) is 17.6 Å². The van der Waals surface area contributed by atoms with Gasteiger partial charge < -0.3 is 4.57 Å². The molecule has 7 heteroatoms. The first-order valence-corrected chi connectivity index (χ1v) is 7.73. The second-order valence-corrected chi connectivity index (χ2v) is 6.96. The van der Waals surface area contributed by atoms with Gasteiger partial charge in [-0.05, 0) is 19.4 Å². The molecular weight excluding hydrogens is 252 g/mol. The van der Waals surface area contributed by atoms with Crippen LogP contribution in [0, 0.1) is 0 Å². The van der Waals surface area contributed by atoms with E-state index in [1.165, 1.54) is 12.7 Å². The largest absolute Gasteiger partial charge is 0.339 e. The number of rotatable bonds is 2. The number of nitrogens with zero attached hydrogens (tertiary/aromatic N) is 4. The summed E-state index contributed by atoms with van der Waals surface area (Å²) in [5.74, 6) is 0. The molecule has 0 aliphatic carbocycles. The fourth-order valence-corrected chi connectivity index (χ4v) is 4.27. The molecule has 0 radical (unpaired) electrons. The van der Waals surface area contributed by atoms with Crippen LogP contribution >= 0.6 is 0 Å². The average molecular weight is 270 g/mol. The van der Waals surface area contributed by atoms with E-state index in [1.807, 2.05) is 0 Å². The lowest BCUT2D eigenvalue weighted by Gasteiger charge is -2.36. The Labute approximate surface area is 107 Å². The van der Waals surface area contributed by atoms with Crippen LogP contribution in [-0.4, -0.2) is 59.4 Å². The molecule has 0 unspecified atom stereocenters. The molecule has 1 aromatic rings. The molecule has 2 aliphatic rings. The summed E-state index contributed by atoms with van der Waals surface area (Å²) in [5.41, 5.74) is 0. The number of imidazole rings is 1. The minimum absolute atomic E-state index is 0.163. The SMILES string of the molecule is Cn1cnc(S(=O)(=O)N2CCN3CCC[C@H]3C2)c1. The van der Waals surface area contributed by atoms with Crippen molar-refractivity contribution in [3.05, 3.63) is 12.5 Å². The molecule has 0 aromatic carbocycles. The van der Waals surface area contributed by atoms with Crippen LogP contribution in [0.2, 0.25) is 0 Å². The number of fused-ring (bicyclic) bond motifs is 1. The molecule has 0 saturated carbocycles. The Hall–Kier alpha value is -0.920. The second kappa shape index (κ2) is 4.32. The molecule has 0 N–H and O–H groups in total. The van der Waals surface area contributed by atoms with Gasteiger partial charge in [-0.25, -0.2) is 13.4 Å². The third kappa shape index (κ3) is 1.96. The molecule has 6 nitrogen and oxygen atoms in total. The van der Waals surface area contributed by atoms with E-state index in [-0.39, 0.29) is 5.03 Å². The molecular formula is C11H18N4O2S. The zero-order chi connectivity index (χ0) is 12.8. The van der Waals surface area contributed by atoms with Gasteiger partial charge in [-0.2, -0.15) is 4.31 Å². The van der Waals surface area contributed by atoms with Crippen molar-refractivity contribution in [1.82, 2.24) is 18.8 Å². The van der Waals surface area contributed by atoms with E-state index >= 15 is 0 Å². The van der Waals surface area contributed by atoms with E-state index in [0.717, 1.165) is 19.5 Å². The van der Waals surface area contributed by atoms with Gasteiger partial charge in [0.2, 0.25) is 0 Å². The van der Waals surface area contributed by atoms with Crippen molar-refractivity contribution in [3.8, 4) is 0 Å². The third-order valence-corrected chi connectivity index (χ3v) is 5.59. The normalized spacial score (nSPS) is 26.4. The van der Waals surface area contributed by atoms with Crippen LogP contribution < -0.4 is 0 Å². The number of piperazine rings is 1. The molecule has 1 atom stereocenters. The summed E-state index contributed by atoms with van der Waals surface area (Å²) in [7, 11) is -1.63. The quantitative estimate of drug-likeness (QED) is 0.752. The van der Waals surface area contributed by atoms with Crippen molar-refractivity contribution >= 4 is 10.0 Å².